The van der Waals surface area contributed by atoms with Gasteiger partial charge in [-0.25, -0.2) is 13.6 Å². The lowest BCUT2D eigenvalue weighted by molar-refractivity contribution is -0.123. The van der Waals surface area contributed by atoms with Crippen LogP contribution in [-0.2, 0) is 17.8 Å². The van der Waals surface area contributed by atoms with Crippen LogP contribution in [0.1, 0.15) is 11.1 Å². The van der Waals surface area contributed by atoms with Gasteiger partial charge in [0.05, 0.1) is 5.69 Å². The lowest BCUT2D eigenvalue weighted by atomic mass is 10.1. The lowest BCUT2D eigenvalue weighted by Gasteiger charge is -2.19. The van der Waals surface area contributed by atoms with Gasteiger partial charge in [0.25, 0.3) is 0 Å². The van der Waals surface area contributed by atoms with E-state index in [4.69, 9.17) is 0 Å². The van der Waals surface area contributed by atoms with Crippen LogP contribution in [0.4, 0.5) is 19.3 Å². The molecule has 0 radical (unpaired) electrons. The van der Waals surface area contributed by atoms with Crippen LogP contribution in [0.25, 0.3) is 0 Å². The average molecular weight is 409 g/mol. The Hall–Kier alpha value is -3.74. The van der Waals surface area contributed by atoms with Gasteiger partial charge in [-0.1, -0.05) is 60.7 Å². The van der Waals surface area contributed by atoms with Crippen molar-refractivity contribution in [1.29, 1.82) is 0 Å². The third kappa shape index (κ3) is 6.13. The molecule has 3 aromatic rings. The summed E-state index contributed by atoms with van der Waals surface area (Å²) < 4.78 is 26.8. The highest BCUT2D eigenvalue weighted by Crippen LogP contribution is 2.15. The Labute approximate surface area is 173 Å². The first-order valence-corrected chi connectivity index (χ1v) is 9.39. The van der Waals surface area contributed by atoms with Gasteiger partial charge in [0, 0.05) is 19.0 Å². The number of carbonyl (C=O) groups excluding carboxylic acids is 2. The molecule has 7 heteroatoms. The summed E-state index contributed by atoms with van der Waals surface area (Å²) in [6, 6.07) is 19.7. The van der Waals surface area contributed by atoms with Gasteiger partial charge in [-0.15, -0.1) is 0 Å². The SMILES string of the molecule is O=C(Nc1ccc(F)cc1F)NC(Cc1ccccc1)C(=O)NCc1ccccc1. The second kappa shape index (κ2) is 10.2. The van der Waals surface area contributed by atoms with E-state index in [9.17, 15) is 18.4 Å². The summed E-state index contributed by atoms with van der Waals surface area (Å²) >= 11 is 0. The molecule has 3 amide bonds. The van der Waals surface area contributed by atoms with Crippen LogP contribution in [0.15, 0.2) is 78.9 Å². The number of halogens is 2. The van der Waals surface area contributed by atoms with Crippen LogP contribution < -0.4 is 16.0 Å². The van der Waals surface area contributed by atoms with Crippen LogP contribution in [0, 0.1) is 11.6 Å². The average Bonchev–Trinajstić information content (AvgIpc) is 2.75. The van der Waals surface area contributed by atoms with Crippen molar-refractivity contribution in [2.75, 3.05) is 5.32 Å². The van der Waals surface area contributed by atoms with E-state index in [0.29, 0.717) is 12.6 Å². The molecule has 0 aromatic heterocycles. The molecule has 3 aromatic carbocycles. The fourth-order valence-electron chi connectivity index (χ4n) is 2.87. The first kappa shape index (κ1) is 21.0. The van der Waals surface area contributed by atoms with E-state index in [1.165, 1.54) is 0 Å². The van der Waals surface area contributed by atoms with Crippen LogP contribution in [0.2, 0.25) is 0 Å². The minimum atomic E-state index is -0.904. The second-order valence-corrected chi connectivity index (χ2v) is 6.67. The van der Waals surface area contributed by atoms with E-state index in [-0.39, 0.29) is 18.0 Å². The van der Waals surface area contributed by atoms with Gasteiger partial charge >= 0.3 is 6.03 Å². The largest absolute Gasteiger partial charge is 0.350 e. The molecule has 0 aliphatic carbocycles. The molecule has 154 valence electrons. The number of anilines is 1. The van der Waals surface area contributed by atoms with Gasteiger partial charge in [0.2, 0.25) is 5.91 Å². The first-order valence-electron chi connectivity index (χ1n) is 9.39. The molecule has 0 fully saturated rings. The normalized spacial score (nSPS) is 11.4. The van der Waals surface area contributed by atoms with Crippen LogP contribution >= 0.6 is 0 Å². The Morgan fingerprint density at radius 3 is 2.10 bits per heavy atom. The smallest absolute Gasteiger partial charge is 0.319 e. The molecule has 1 unspecified atom stereocenters. The molecule has 0 aliphatic heterocycles. The van der Waals surface area contributed by atoms with Gasteiger partial charge < -0.3 is 16.0 Å². The number of carbonyl (C=O) groups is 2. The molecule has 0 bridgehead atoms. The summed E-state index contributed by atoms with van der Waals surface area (Å²) in [6.07, 6.45) is 0.251. The van der Waals surface area contributed by atoms with Gasteiger partial charge in [-0.05, 0) is 23.3 Å². The van der Waals surface area contributed by atoms with E-state index in [2.05, 4.69) is 16.0 Å². The second-order valence-electron chi connectivity index (χ2n) is 6.67. The van der Waals surface area contributed by atoms with Crippen LogP contribution in [0.3, 0.4) is 0 Å². The molecule has 30 heavy (non-hydrogen) atoms. The molecule has 0 saturated carbocycles. The Balaban J connectivity index is 1.68. The van der Waals surface area contributed by atoms with Crippen molar-refractivity contribution in [3.63, 3.8) is 0 Å². The maximum Gasteiger partial charge on any atom is 0.319 e. The number of benzene rings is 3. The zero-order valence-corrected chi connectivity index (χ0v) is 16.1. The highest BCUT2D eigenvalue weighted by atomic mass is 19.1. The van der Waals surface area contributed by atoms with Crippen molar-refractivity contribution >= 4 is 17.6 Å². The number of hydrogen-bond acceptors (Lipinski definition) is 2. The highest BCUT2D eigenvalue weighted by molar-refractivity contribution is 5.93. The Kier molecular flexibility index (Phi) is 7.10. The number of amides is 3. The fraction of sp³-hybridized carbons (Fsp3) is 0.130. The Morgan fingerprint density at radius 2 is 1.47 bits per heavy atom. The van der Waals surface area contributed by atoms with Crippen molar-refractivity contribution in [3.8, 4) is 0 Å². The topological polar surface area (TPSA) is 70.2 Å². The maximum atomic E-state index is 13.8. The summed E-state index contributed by atoms with van der Waals surface area (Å²) in [7, 11) is 0. The predicted octanol–water partition coefficient (Wildman–Crippen LogP) is 4.01. The van der Waals surface area contributed by atoms with E-state index in [0.717, 1.165) is 23.3 Å². The van der Waals surface area contributed by atoms with Gasteiger partial charge in [-0.2, -0.15) is 0 Å². The lowest BCUT2D eigenvalue weighted by Crippen LogP contribution is -2.49. The molecule has 3 N–H and O–H groups in total. The summed E-state index contributed by atoms with van der Waals surface area (Å²) in [6.45, 7) is 0.306. The van der Waals surface area contributed by atoms with Crippen molar-refractivity contribution < 1.29 is 18.4 Å². The van der Waals surface area contributed by atoms with Crippen LogP contribution in [-0.4, -0.2) is 18.0 Å². The predicted molar refractivity (Wildman–Crippen MR) is 111 cm³/mol. The third-order valence-electron chi connectivity index (χ3n) is 4.39. The van der Waals surface area contributed by atoms with Gasteiger partial charge in [0.1, 0.15) is 17.7 Å². The van der Waals surface area contributed by atoms with Crippen molar-refractivity contribution in [3.05, 3.63) is 102 Å². The molecular formula is C23H21F2N3O2. The standard InChI is InChI=1S/C23H21F2N3O2/c24-18-11-12-20(19(25)14-18)27-23(30)28-21(13-16-7-3-1-4-8-16)22(29)26-15-17-9-5-2-6-10-17/h1-12,14,21H,13,15H2,(H,26,29)(H2,27,28,30). The minimum Gasteiger partial charge on any atom is -0.350 e. The highest BCUT2D eigenvalue weighted by Gasteiger charge is 2.21. The molecular weight excluding hydrogens is 388 g/mol. The van der Waals surface area contributed by atoms with E-state index in [1.54, 1.807) is 0 Å². The Morgan fingerprint density at radius 1 is 0.833 bits per heavy atom. The molecule has 3 rings (SSSR count). The Bertz CT molecular complexity index is 998. The summed E-state index contributed by atoms with van der Waals surface area (Å²) in [5, 5.41) is 7.68. The summed E-state index contributed by atoms with van der Waals surface area (Å²) in [5.74, 6) is -2.03. The molecule has 1 atom stereocenters. The van der Waals surface area contributed by atoms with Gasteiger partial charge in [0.15, 0.2) is 0 Å². The number of hydrogen-bond donors (Lipinski definition) is 3. The van der Waals surface area contributed by atoms with Crippen molar-refractivity contribution in [2.24, 2.45) is 0 Å². The zero-order valence-electron chi connectivity index (χ0n) is 16.1. The number of rotatable bonds is 7. The molecule has 0 saturated heterocycles. The summed E-state index contributed by atoms with van der Waals surface area (Å²) in [4.78, 5) is 25.1. The maximum absolute atomic E-state index is 13.8. The monoisotopic (exact) mass is 409 g/mol. The molecule has 0 heterocycles. The molecule has 5 nitrogen and oxygen atoms in total. The first-order chi connectivity index (χ1) is 14.5. The quantitative estimate of drug-likeness (QED) is 0.552. The molecule has 0 aliphatic rings. The van der Waals surface area contributed by atoms with Crippen molar-refractivity contribution in [1.82, 2.24) is 10.6 Å². The number of nitrogens with one attached hydrogen (secondary N) is 3. The molecule has 0 spiro atoms. The van der Waals surface area contributed by atoms with E-state index >= 15 is 0 Å². The minimum absolute atomic E-state index is 0.183. The van der Waals surface area contributed by atoms with Crippen molar-refractivity contribution in [2.45, 2.75) is 19.0 Å². The van der Waals surface area contributed by atoms with E-state index in [1.807, 2.05) is 60.7 Å². The third-order valence-corrected chi connectivity index (χ3v) is 4.39. The van der Waals surface area contributed by atoms with E-state index < -0.39 is 23.7 Å². The summed E-state index contributed by atoms with van der Waals surface area (Å²) in [5.41, 5.74) is 1.59. The fourth-order valence-corrected chi connectivity index (χ4v) is 2.87. The van der Waals surface area contributed by atoms with Gasteiger partial charge in [-0.3, -0.25) is 4.79 Å². The zero-order chi connectivity index (χ0) is 21.3. The number of urea groups is 1. The van der Waals surface area contributed by atoms with Crippen LogP contribution in [0.5, 0.6) is 0 Å².